The van der Waals surface area contributed by atoms with Crippen LogP contribution in [0, 0.1) is 5.82 Å². The van der Waals surface area contributed by atoms with Crippen LogP contribution in [0.1, 0.15) is 5.56 Å². The van der Waals surface area contributed by atoms with Gasteiger partial charge in [0.25, 0.3) is 0 Å². The molecule has 22 heavy (non-hydrogen) atoms. The maximum Gasteiger partial charge on any atom is 0.203 e. The van der Waals surface area contributed by atoms with Crippen molar-refractivity contribution in [3.8, 4) is 17.2 Å². The summed E-state index contributed by atoms with van der Waals surface area (Å²) in [6.07, 6.45) is 1.59. The molecule has 0 aliphatic carbocycles. The average molecular weight is 304 g/mol. The minimum atomic E-state index is -0.295. The Bertz CT molecular complexity index is 657. The molecule has 0 radical (unpaired) electrons. The SMILES string of the molecule is COc1ccc(C=NNc2ccc(F)cc2)c(OC)c1OC. The van der Waals surface area contributed by atoms with Gasteiger partial charge in [0.15, 0.2) is 11.5 Å². The van der Waals surface area contributed by atoms with Crippen molar-refractivity contribution in [3.63, 3.8) is 0 Å². The summed E-state index contributed by atoms with van der Waals surface area (Å²) in [7, 11) is 4.64. The largest absolute Gasteiger partial charge is 0.493 e. The van der Waals surface area contributed by atoms with Gasteiger partial charge in [0, 0.05) is 5.56 Å². The quantitative estimate of drug-likeness (QED) is 0.657. The van der Waals surface area contributed by atoms with Crippen molar-refractivity contribution in [3.05, 3.63) is 47.8 Å². The van der Waals surface area contributed by atoms with Crippen LogP contribution in [-0.4, -0.2) is 27.5 Å². The van der Waals surface area contributed by atoms with Crippen molar-refractivity contribution in [1.82, 2.24) is 0 Å². The molecule has 0 spiro atoms. The summed E-state index contributed by atoms with van der Waals surface area (Å²) in [5.41, 5.74) is 4.21. The van der Waals surface area contributed by atoms with Crippen LogP contribution in [-0.2, 0) is 0 Å². The van der Waals surface area contributed by atoms with Gasteiger partial charge in [-0.15, -0.1) is 0 Å². The van der Waals surface area contributed by atoms with Crippen molar-refractivity contribution >= 4 is 11.9 Å². The first kappa shape index (κ1) is 15.6. The zero-order valence-electron chi connectivity index (χ0n) is 12.6. The number of nitrogens with zero attached hydrogens (tertiary/aromatic N) is 1. The first-order valence-corrected chi connectivity index (χ1v) is 6.53. The molecule has 0 aliphatic rings. The number of methoxy groups -OCH3 is 3. The molecular weight excluding hydrogens is 287 g/mol. The highest BCUT2D eigenvalue weighted by molar-refractivity contribution is 5.86. The Morgan fingerprint density at radius 3 is 2.18 bits per heavy atom. The molecule has 0 unspecified atom stereocenters. The second-order valence-corrected chi connectivity index (χ2v) is 4.30. The number of rotatable bonds is 6. The fourth-order valence-electron chi connectivity index (χ4n) is 1.93. The Morgan fingerprint density at radius 2 is 1.59 bits per heavy atom. The number of hydrogen-bond acceptors (Lipinski definition) is 5. The first-order valence-electron chi connectivity index (χ1n) is 6.53. The number of hydrazone groups is 1. The number of ether oxygens (including phenoxy) is 3. The van der Waals surface area contributed by atoms with E-state index in [1.54, 1.807) is 44.7 Å². The summed E-state index contributed by atoms with van der Waals surface area (Å²) >= 11 is 0. The predicted molar refractivity (Wildman–Crippen MR) is 83.7 cm³/mol. The molecule has 0 atom stereocenters. The van der Waals surface area contributed by atoms with Gasteiger partial charge in [0.2, 0.25) is 5.75 Å². The number of anilines is 1. The second kappa shape index (κ2) is 7.31. The fraction of sp³-hybridized carbons (Fsp3) is 0.188. The Morgan fingerprint density at radius 1 is 0.909 bits per heavy atom. The van der Waals surface area contributed by atoms with Gasteiger partial charge < -0.3 is 14.2 Å². The Labute approximate surface area is 128 Å². The molecule has 0 saturated carbocycles. The number of hydrogen-bond donors (Lipinski definition) is 1. The summed E-state index contributed by atoms with van der Waals surface area (Å²) in [6, 6.07) is 9.47. The van der Waals surface area contributed by atoms with Crippen molar-refractivity contribution in [1.29, 1.82) is 0 Å². The van der Waals surface area contributed by atoms with E-state index in [1.165, 1.54) is 19.2 Å². The van der Waals surface area contributed by atoms with E-state index in [4.69, 9.17) is 14.2 Å². The van der Waals surface area contributed by atoms with E-state index in [0.29, 0.717) is 22.9 Å². The monoisotopic (exact) mass is 304 g/mol. The van der Waals surface area contributed by atoms with Crippen molar-refractivity contribution in [2.75, 3.05) is 26.8 Å². The van der Waals surface area contributed by atoms with E-state index >= 15 is 0 Å². The van der Waals surface area contributed by atoms with E-state index in [2.05, 4.69) is 10.5 Å². The van der Waals surface area contributed by atoms with Crippen molar-refractivity contribution in [2.45, 2.75) is 0 Å². The van der Waals surface area contributed by atoms with E-state index in [9.17, 15) is 4.39 Å². The molecule has 0 aliphatic heterocycles. The second-order valence-electron chi connectivity index (χ2n) is 4.30. The standard InChI is InChI=1S/C16H17FN2O3/c1-20-14-9-4-11(15(21-2)16(14)22-3)10-18-19-13-7-5-12(17)6-8-13/h4-10,19H,1-3H3. The zero-order chi connectivity index (χ0) is 15.9. The molecule has 2 rings (SSSR count). The summed E-state index contributed by atoms with van der Waals surface area (Å²) < 4.78 is 28.7. The van der Waals surface area contributed by atoms with Crippen LogP contribution in [0.2, 0.25) is 0 Å². The lowest BCUT2D eigenvalue weighted by atomic mass is 10.2. The summed E-state index contributed by atoms with van der Waals surface area (Å²) in [5.74, 6) is 1.29. The molecule has 6 heteroatoms. The van der Waals surface area contributed by atoms with E-state index in [1.807, 2.05) is 0 Å². The van der Waals surface area contributed by atoms with E-state index < -0.39 is 0 Å². The van der Waals surface area contributed by atoms with E-state index in [-0.39, 0.29) is 5.82 Å². The predicted octanol–water partition coefficient (Wildman–Crippen LogP) is 3.30. The van der Waals surface area contributed by atoms with Gasteiger partial charge in [-0.2, -0.15) is 5.10 Å². The Kier molecular flexibility index (Phi) is 5.19. The highest BCUT2D eigenvalue weighted by atomic mass is 19.1. The Balaban J connectivity index is 2.21. The molecule has 0 bridgehead atoms. The normalized spacial score (nSPS) is 10.5. The molecule has 0 saturated heterocycles. The zero-order valence-corrected chi connectivity index (χ0v) is 12.6. The van der Waals surface area contributed by atoms with Crippen LogP contribution in [0.3, 0.4) is 0 Å². The van der Waals surface area contributed by atoms with Crippen molar-refractivity contribution in [2.24, 2.45) is 5.10 Å². The van der Waals surface area contributed by atoms with Gasteiger partial charge in [-0.05, 0) is 36.4 Å². The molecule has 116 valence electrons. The maximum absolute atomic E-state index is 12.8. The molecule has 0 amide bonds. The summed E-state index contributed by atoms with van der Waals surface area (Å²) in [5, 5.41) is 4.11. The molecular formula is C16H17FN2O3. The molecule has 0 heterocycles. The van der Waals surface area contributed by atoms with Crippen LogP contribution in [0.15, 0.2) is 41.5 Å². The van der Waals surface area contributed by atoms with Gasteiger partial charge in [-0.1, -0.05) is 0 Å². The van der Waals surface area contributed by atoms with Crippen LogP contribution < -0.4 is 19.6 Å². The third-order valence-corrected chi connectivity index (χ3v) is 2.98. The smallest absolute Gasteiger partial charge is 0.203 e. The third kappa shape index (κ3) is 3.46. The van der Waals surface area contributed by atoms with Crippen LogP contribution in [0.25, 0.3) is 0 Å². The van der Waals surface area contributed by atoms with Gasteiger partial charge >= 0.3 is 0 Å². The lowest BCUT2D eigenvalue weighted by Gasteiger charge is -2.13. The minimum Gasteiger partial charge on any atom is -0.493 e. The number of benzene rings is 2. The van der Waals surface area contributed by atoms with Crippen molar-refractivity contribution < 1.29 is 18.6 Å². The van der Waals surface area contributed by atoms with Gasteiger partial charge in [0.1, 0.15) is 5.82 Å². The van der Waals surface area contributed by atoms with Crippen LogP contribution >= 0.6 is 0 Å². The molecule has 2 aromatic carbocycles. The van der Waals surface area contributed by atoms with Gasteiger partial charge in [-0.25, -0.2) is 4.39 Å². The topological polar surface area (TPSA) is 52.1 Å². The lowest BCUT2D eigenvalue weighted by Crippen LogP contribution is -1.99. The summed E-state index contributed by atoms with van der Waals surface area (Å²) in [6.45, 7) is 0. The van der Waals surface area contributed by atoms with E-state index in [0.717, 1.165) is 5.56 Å². The highest BCUT2D eigenvalue weighted by Crippen LogP contribution is 2.38. The molecule has 0 fully saturated rings. The fourth-order valence-corrected chi connectivity index (χ4v) is 1.93. The molecule has 0 aromatic heterocycles. The molecule has 5 nitrogen and oxygen atoms in total. The Hall–Kier alpha value is -2.76. The first-order chi connectivity index (χ1) is 10.7. The number of nitrogens with one attached hydrogen (secondary N) is 1. The van der Waals surface area contributed by atoms with Crippen LogP contribution in [0.5, 0.6) is 17.2 Å². The average Bonchev–Trinajstić information content (AvgIpc) is 2.55. The summed E-state index contributed by atoms with van der Waals surface area (Å²) in [4.78, 5) is 0. The number of halogens is 1. The van der Waals surface area contributed by atoms with Crippen LogP contribution in [0.4, 0.5) is 10.1 Å². The highest BCUT2D eigenvalue weighted by Gasteiger charge is 2.14. The molecule has 2 aromatic rings. The third-order valence-electron chi connectivity index (χ3n) is 2.98. The lowest BCUT2D eigenvalue weighted by molar-refractivity contribution is 0.324. The molecule has 1 N–H and O–H groups in total. The maximum atomic E-state index is 12.8. The van der Waals surface area contributed by atoms with Gasteiger partial charge in [0.05, 0.1) is 33.2 Å². The minimum absolute atomic E-state index is 0.295. The van der Waals surface area contributed by atoms with Gasteiger partial charge in [-0.3, -0.25) is 5.43 Å².